The molecule has 1 aromatic carbocycles. The van der Waals surface area contributed by atoms with E-state index in [2.05, 4.69) is 20.1 Å². The number of piperazine rings is 1. The first-order chi connectivity index (χ1) is 14.5. The Bertz CT molecular complexity index is 1090. The van der Waals surface area contributed by atoms with Crippen molar-refractivity contribution in [3.63, 3.8) is 0 Å². The fourth-order valence-electron chi connectivity index (χ4n) is 3.55. The molecule has 1 saturated heterocycles. The van der Waals surface area contributed by atoms with Gasteiger partial charge in [0.15, 0.2) is 11.6 Å². The molecule has 30 heavy (non-hydrogen) atoms. The van der Waals surface area contributed by atoms with Crippen molar-refractivity contribution in [1.82, 2.24) is 24.6 Å². The van der Waals surface area contributed by atoms with Crippen molar-refractivity contribution >= 4 is 28.4 Å². The summed E-state index contributed by atoms with van der Waals surface area (Å²) in [4.78, 5) is 35.4. The van der Waals surface area contributed by atoms with Gasteiger partial charge in [0.05, 0.1) is 17.2 Å². The minimum absolute atomic E-state index is 0.0451. The van der Waals surface area contributed by atoms with Crippen LogP contribution < -0.4 is 15.4 Å². The Labute approximate surface area is 174 Å². The minimum Gasteiger partial charge on any atom is -0.361 e. The summed E-state index contributed by atoms with van der Waals surface area (Å²) in [7, 11) is 3.85. The summed E-state index contributed by atoms with van der Waals surface area (Å²) in [5.74, 6) is 1.68. The Morgan fingerprint density at radius 2 is 1.80 bits per heavy atom. The van der Waals surface area contributed by atoms with Gasteiger partial charge < -0.3 is 14.7 Å². The first-order valence-electron chi connectivity index (χ1n) is 10.0. The van der Waals surface area contributed by atoms with Crippen molar-refractivity contribution in [2.45, 2.75) is 13.0 Å². The van der Waals surface area contributed by atoms with Gasteiger partial charge in [-0.25, -0.2) is 4.98 Å². The second-order valence-corrected chi connectivity index (χ2v) is 7.52. The molecular formula is C21H25N7O2. The highest BCUT2D eigenvalue weighted by Gasteiger charge is 2.22. The molecule has 0 atom stereocenters. The normalized spacial score (nSPS) is 14.2. The Balaban J connectivity index is 1.32. The Kier molecular flexibility index (Phi) is 5.60. The second kappa shape index (κ2) is 8.48. The first kappa shape index (κ1) is 19.8. The quantitative estimate of drug-likeness (QED) is 0.623. The molecule has 156 valence electrons. The van der Waals surface area contributed by atoms with Crippen LogP contribution in [-0.4, -0.2) is 70.8 Å². The number of aromatic nitrogens is 4. The maximum atomic E-state index is 12.6. The summed E-state index contributed by atoms with van der Waals surface area (Å²) < 4.78 is 1.51. The summed E-state index contributed by atoms with van der Waals surface area (Å²) in [6, 6.07) is 11.1. The monoisotopic (exact) mass is 407 g/mol. The molecule has 3 aromatic rings. The fraction of sp³-hybridized carbons (Fsp3) is 0.381. The summed E-state index contributed by atoms with van der Waals surface area (Å²) >= 11 is 0. The van der Waals surface area contributed by atoms with Crippen LogP contribution >= 0.6 is 0 Å². The average Bonchev–Trinajstić information content (AvgIpc) is 2.79. The number of rotatable bonds is 5. The number of carbonyl (C=O) groups excluding carboxylic acids is 1. The van der Waals surface area contributed by atoms with Crippen molar-refractivity contribution in [2.75, 3.05) is 50.1 Å². The molecule has 9 heteroatoms. The van der Waals surface area contributed by atoms with Gasteiger partial charge in [-0.15, -0.1) is 10.2 Å². The zero-order chi connectivity index (χ0) is 21.1. The third-order valence-corrected chi connectivity index (χ3v) is 5.35. The minimum atomic E-state index is -0.113. The standard InChI is InChI=1S/C21H25N7O2/c1-25(2)18-7-8-19(24-23-18)26-11-13-27(14-12-26)20(29)9-10-28-15-22-17-6-4-3-5-16(17)21(28)30/h3-8,15H,9-14H2,1-2H3. The van der Waals surface area contributed by atoms with Gasteiger partial charge in [-0.2, -0.15) is 0 Å². The van der Waals surface area contributed by atoms with Gasteiger partial charge in [0.2, 0.25) is 5.91 Å². The maximum absolute atomic E-state index is 12.6. The first-order valence-corrected chi connectivity index (χ1v) is 10.0. The highest BCUT2D eigenvalue weighted by Crippen LogP contribution is 2.16. The van der Waals surface area contributed by atoms with E-state index in [1.54, 1.807) is 6.07 Å². The van der Waals surface area contributed by atoms with Crippen molar-refractivity contribution in [3.05, 3.63) is 53.1 Å². The molecule has 0 bridgehead atoms. The van der Waals surface area contributed by atoms with E-state index in [0.29, 0.717) is 43.6 Å². The third-order valence-electron chi connectivity index (χ3n) is 5.35. The molecule has 3 heterocycles. The second-order valence-electron chi connectivity index (χ2n) is 7.52. The number of aryl methyl sites for hydroxylation is 1. The number of amides is 1. The molecule has 0 radical (unpaired) electrons. The molecule has 0 aliphatic carbocycles. The smallest absolute Gasteiger partial charge is 0.261 e. The van der Waals surface area contributed by atoms with Crippen LogP contribution in [0.2, 0.25) is 0 Å². The fourth-order valence-corrected chi connectivity index (χ4v) is 3.55. The molecule has 1 fully saturated rings. The Morgan fingerprint density at radius 1 is 1.03 bits per heavy atom. The van der Waals surface area contributed by atoms with E-state index in [-0.39, 0.29) is 17.9 Å². The summed E-state index contributed by atoms with van der Waals surface area (Å²) in [5, 5.41) is 9.08. The lowest BCUT2D eigenvalue weighted by molar-refractivity contribution is -0.131. The van der Waals surface area contributed by atoms with Crippen LogP contribution in [-0.2, 0) is 11.3 Å². The number of nitrogens with zero attached hydrogens (tertiary/aromatic N) is 7. The molecule has 0 saturated carbocycles. The molecule has 0 spiro atoms. The van der Waals surface area contributed by atoms with E-state index in [4.69, 9.17) is 0 Å². The Hall–Kier alpha value is -3.49. The summed E-state index contributed by atoms with van der Waals surface area (Å²) in [6.45, 7) is 2.99. The van der Waals surface area contributed by atoms with E-state index in [9.17, 15) is 9.59 Å². The van der Waals surface area contributed by atoms with Gasteiger partial charge in [-0.3, -0.25) is 14.2 Å². The molecule has 0 N–H and O–H groups in total. The van der Waals surface area contributed by atoms with Crippen molar-refractivity contribution in [3.8, 4) is 0 Å². The van der Waals surface area contributed by atoms with Crippen LogP contribution in [0.3, 0.4) is 0 Å². The number of para-hydroxylation sites is 1. The Morgan fingerprint density at radius 3 is 2.50 bits per heavy atom. The summed E-state index contributed by atoms with van der Waals surface area (Å²) in [6.07, 6.45) is 1.79. The van der Waals surface area contributed by atoms with Crippen LogP contribution in [0.15, 0.2) is 47.5 Å². The highest BCUT2D eigenvalue weighted by atomic mass is 16.2. The number of benzene rings is 1. The number of anilines is 2. The van der Waals surface area contributed by atoms with Gasteiger partial charge in [0, 0.05) is 53.2 Å². The molecular weight excluding hydrogens is 382 g/mol. The molecule has 9 nitrogen and oxygen atoms in total. The lowest BCUT2D eigenvalue weighted by Gasteiger charge is -2.35. The van der Waals surface area contributed by atoms with Crippen LogP contribution in [0.1, 0.15) is 6.42 Å². The SMILES string of the molecule is CN(C)c1ccc(N2CCN(C(=O)CCn3cnc4ccccc4c3=O)CC2)nn1. The van der Waals surface area contributed by atoms with Crippen molar-refractivity contribution < 1.29 is 4.79 Å². The van der Waals surface area contributed by atoms with E-state index in [1.165, 1.54) is 10.9 Å². The molecule has 4 rings (SSSR count). The lowest BCUT2D eigenvalue weighted by Crippen LogP contribution is -2.49. The van der Waals surface area contributed by atoms with Crippen LogP contribution in [0.4, 0.5) is 11.6 Å². The van der Waals surface area contributed by atoms with E-state index in [1.807, 2.05) is 54.2 Å². The number of hydrogen-bond acceptors (Lipinski definition) is 7. The predicted octanol–water partition coefficient (Wildman–Crippen LogP) is 0.991. The van der Waals surface area contributed by atoms with Gasteiger partial charge in [-0.1, -0.05) is 12.1 Å². The molecule has 1 aliphatic heterocycles. The number of carbonyl (C=O) groups is 1. The van der Waals surface area contributed by atoms with Gasteiger partial charge in [-0.05, 0) is 24.3 Å². The zero-order valence-corrected chi connectivity index (χ0v) is 17.2. The number of hydrogen-bond donors (Lipinski definition) is 0. The number of fused-ring (bicyclic) bond motifs is 1. The van der Waals surface area contributed by atoms with Gasteiger partial charge in [0.1, 0.15) is 0 Å². The van der Waals surface area contributed by atoms with Crippen LogP contribution in [0, 0.1) is 0 Å². The zero-order valence-electron chi connectivity index (χ0n) is 17.2. The average molecular weight is 407 g/mol. The highest BCUT2D eigenvalue weighted by molar-refractivity contribution is 5.77. The molecule has 2 aromatic heterocycles. The van der Waals surface area contributed by atoms with Crippen LogP contribution in [0.25, 0.3) is 10.9 Å². The lowest BCUT2D eigenvalue weighted by atomic mass is 10.2. The van der Waals surface area contributed by atoms with Gasteiger partial charge in [0.25, 0.3) is 5.56 Å². The molecule has 1 amide bonds. The largest absolute Gasteiger partial charge is 0.361 e. The van der Waals surface area contributed by atoms with Crippen molar-refractivity contribution in [1.29, 1.82) is 0 Å². The third kappa shape index (κ3) is 4.10. The topological polar surface area (TPSA) is 87.5 Å². The molecule has 0 unspecified atom stereocenters. The van der Waals surface area contributed by atoms with Crippen molar-refractivity contribution in [2.24, 2.45) is 0 Å². The maximum Gasteiger partial charge on any atom is 0.261 e. The van der Waals surface area contributed by atoms with Crippen LogP contribution in [0.5, 0.6) is 0 Å². The van der Waals surface area contributed by atoms with E-state index < -0.39 is 0 Å². The van der Waals surface area contributed by atoms with E-state index >= 15 is 0 Å². The van der Waals surface area contributed by atoms with Gasteiger partial charge >= 0.3 is 0 Å². The molecule has 1 aliphatic rings. The predicted molar refractivity (Wildman–Crippen MR) is 116 cm³/mol. The van der Waals surface area contributed by atoms with E-state index in [0.717, 1.165) is 11.6 Å². The summed E-state index contributed by atoms with van der Waals surface area (Å²) in [5.41, 5.74) is 0.556.